The first-order valence-electron chi connectivity index (χ1n) is 4.15. The third-order valence-corrected chi connectivity index (χ3v) is 1.61. The Balaban J connectivity index is 2.02. The molecular weight excluding hydrogens is 176 g/mol. The Kier molecular flexibility index (Phi) is 2.53. The van der Waals surface area contributed by atoms with Gasteiger partial charge >= 0.3 is 0 Å². The normalized spacial score (nSPS) is 9.14. The van der Waals surface area contributed by atoms with E-state index in [4.69, 9.17) is 0 Å². The lowest BCUT2D eigenvalue weighted by molar-refractivity contribution is 0.839. The summed E-state index contributed by atoms with van der Waals surface area (Å²) in [6.45, 7) is 0.634. The summed E-state index contributed by atoms with van der Waals surface area (Å²) in [5.74, 6) is 5.96. The Morgan fingerprint density at radius 1 is 1.21 bits per heavy atom. The molecule has 0 aromatic carbocycles. The molecule has 2 aromatic rings. The minimum atomic E-state index is 0.634. The molecule has 0 spiro atoms. The molecule has 2 aromatic heterocycles. The smallest absolute Gasteiger partial charge is 0.115 e. The van der Waals surface area contributed by atoms with Crippen LogP contribution >= 0.6 is 0 Å². The first-order valence-corrected chi connectivity index (χ1v) is 4.15. The fraction of sp³-hybridized carbons (Fsp3) is 0.100. The minimum absolute atomic E-state index is 0.634. The van der Waals surface area contributed by atoms with Gasteiger partial charge in [0.05, 0.1) is 18.4 Å². The van der Waals surface area contributed by atoms with Crippen molar-refractivity contribution in [1.82, 2.24) is 19.5 Å². The first kappa shape index (κ1) is 8.45. The molecule has 0 radical (unpaired) electrons. The van der Waals surface area contributed by atoms with E-state index < -0.39 is 0 Å². The highest BCUT2D eigenvalue weighted by molar-refractivity contribution is 5.28. The highest BCUT2D eigenvalue weighted by Gasteiger charge is 1.85. The molecule has 0 bridgehead atoms. The van der Waals surface area contributed by atoms with Gasteiger partial charge in [-0.15, -0.1) is 0 Å². The predicted octanol–water partition coefficient (Wildman–Crippen LogP) is 0.725. The largest absolute Gasteiger partial charge is 0.326 e. The summed E-state index contributed by atoms with van der Waals surface area (Å²) in [4.78, 5) is 11.7. The molecule has 68 valence electrons. The quantitative estimate of drug-likeness (QED) is 0.613. The average molecular weight is 184 g/mol. The van der Waals surface area contributed by atoms with E-state index in [1.165, 1.54) is 6.33 Å². The summed E-state index contributed by atoms with van der Waals surface area (Å²) in [6, 6.07) is 0. The number of imidazole rings is 1. The van der Waals surface area contributed by atoms with Crippen LogP contribution in [0.3, 0.4) is 0 Å². The maximum absolute atomic E-state index is 3.92. The minimum Gasteiger partial charge on any atom is -0.326 e. The monoisotopic (exact) mass is 184 g/mol. The molecule has 2 heterocycles. The van der Waals surface area contributed by atoms with E-state index in [2.05, 4.69) is 26.8 Å². The molecule has 0 saturated heterocycles. The molecule has 0 aliphatic heterocycles. The molecule has 0 amide bonds. The van der Waals surface area contributed by atoms with Crippen molar-refractivity contribution in [2.24, 2.45) is 0 Å². The summed E-state index contributed by atoms with van der Waals surface area (Å²) in [6.07, 6.45) is 10.2. The molecule has 0 atom stereocenters. The van der Waals surface area contributed by atoms with Crippen LogP contribution in [-0.4, -0.2) is 19.5 Å². The van der Waals surface area contributed by atoms with Crippen LogP contribution in [0.15, 0.2) is 37.4 Å². The van der Waals surface area contributed by atoms with Crippen LogP contribution in [0, 0.1) is 11.8 Å². The van der Waals surface area contributed by atoms with Crippen LogP contribution in [0.2, 0.25) is 0 Å². The van der Waals surface area contributed by atoms with Crippen LogP contribution < -0.4 is 0 Å². The third kappa shape index (κ3) is 2.17. The van der Waals surface area contributed by atoms with E-state index in [1.54, 1.807) is 24.9 Å². The second-order valence-electron chi connectivity index (χ2n) is 2.66. The van der Waals surface area contributed by atoms with E-state index in [9.17, 15) is 0 Å². The summed E-state index contributed by atoms with van der Waals surface area (Å²) in [7, 11) is 0. The van der Waals surface area contributed by atoms with E-state index in [0.29, 0.717) is 6.54 Å². The number of rotatable bonds is 1. The van der Waals surface area contributed by atoms with Gasteiger partial charge in [-0.1, -0.05) is 11.8 Å². The Hall–Kier alpha value is -2.15. The van der Waals surface area contributed by atoms with E-state index in [-0.39, 0.29) is 0 Å². The zero-order chi connectivity index (χ0) is 9.64. The second kappa shape index (κ2) is 4.19. The number of hydrogen-bond donors (Lipinski definition) is 0. The topological polar surface area (TPSA) is 43.6 Å². The molecule has 0 saturated carbocycles. The van der Waals surface area contributed by atoms with Gasteiger partial charge in [-0.25, -0.2) is 15.0 Å². The standard InChI is InChI=1S/C10H8N4/c1(4-14-5-3-11-9-14)2-10-6-12-8-13-7-10/h3,5-9H,4H2. The van der Waals surface area contributed by atoms with Crippen LogP contribution in [0.1, 0.15) is 5.56 Å². The molecule has 0 unspecified atom stereocenters. The highest BCUT2D eigenvalue weighted by Crippen LogP contribution is 1.89. The zero-order valence-corrected chi connectivity index (χ0v) is 7.46. The second-order valence-corrected chi connectivity index (χ2v) is 2.66. The molecule has 4 nitrogen and oxygen atoms in total. The van der Waals surface area contributed by atoms with Gasteiger partial charge in [-0.2, -0.15) is 0 Å². The van der Waals surface area contributed by atoms with Crippen molar-refractivity contribution in [2.45, 2.75) is 6.54 Å². The summed E-state index contributed by atoms with van der Waals surface area (Å²) >= 11 is 0. The summed E-state index contributed by atoms with van der Waals surface area (Å²) in [5.41, 5.74) is 0.826. The van der Waals surface area contributed by atoms with Gasteiger partial charge < -0.3 is 4.57 Å². The molecule has 2 rings (SSSR count). The number of nitrogens with zero attached hydrogens (tertiary/aromatic N) is 4. The molecule has 14 heavy (non-hydrogen) atoms. The van der Waals surface area contributed by atoms with Gasteiger partial charge in [0.1, 0.15) is 6.33 Å². The lowest BCUT2D eigenvalue weighted by atomic mass is 10.3. The van der Waals surface area contributed by atoms with E-state index in [1.807, 2.05) is 10.8 Å². The van der Waals surface area contributed by atoms with Crippen molar-refractivity contribution in [3.63, 3.8) is 0 Å². The Bertz CT molecular complexity index is 436. The molecule has 0 aliphatic carbocycles. The summed E-state index contributed by atoms with van der Waals surface area (Å²) in [5, 5.41) is 0. The molecular formula is C10H8N4. The lowest BCUT2D eigenvalue weighted by Gasteiger charge is -1.90. The van der Waals surface area contributed by atoms with Crippen molar-refractivity contribution in [3.8, 4) is 11.8 Å². The van der Waals surface area contributed by atoms with Gasteiger partial charge in [0, 0.05) is 24.8 Å². The van der Waals surface area contributed by atoms with Crippen molar-refractivity contribution in [1.29, 1.82) is 0 Å². The van der Waals surface area contributed by atoms with Crippen LogP contribution in [0.25, 0.3) is 0 Å². The number of hydrogen-bond acceptors (Lipinski definition) is 3. The molecule has 4 heteroatoms. The van der Waals surface area contributed by atoms with Gasteiger partial charge in [0.25, 0.3) is 0 Å². The SMILES string of the molecule is C(#Cc1cncnc1)Cn1ccnc1. The summed E-state index contributed by atoms with van der Waals surface area (Å²) < 4.78 is 1.90. The average Bonchev–Trinajstić information content (AvgIpc) is 2.72. The fourth-order valence-electron chi connectivity index (χ4n) is 0.977. The van der Waals surface area contributed by atoms with E-state index in [0.717, 1.165) is 5.56 Å². The van der Waals surface area contributed by atoms with Crippen molar-refractivity contribution < 1.29 is 0 Å². The Labute approximate surface area is 81.7 Å². The molecule has 0 N–H and O–H groups in total. The van der Waals surface area contributed by atoms with Crippen LogP contribution in [-0.2, 0) is 6.54 Å². The van der Waals surface area contributed by atoms with Gasteiger partial charge in [0.2, 0.25) is 0 Å². The zero-order valence-electron chi connectivity index (χ0n) is 7.46. The van der Waals surface area contributed by atoms with Gasteiger partial charge in [-0.3, -0.25) is 0 Å². The Morgan fingerprint density at radius 3 is 2.79 bits per heavy atom. The van der Waals surface area contributed by atoms with Crippen LogP contribution in [0.4, 0.5) is 0 Å². The maximum atomic E-state index is 3.92. The van der Waals surface area contributed by atoms with Crippen molar-refractivity contribution in [2.75, 3.05) is 0 Å². The third-order valence-electron chi connectivity index (χ3n) is 1.61. The fourth-order valence-corrected chi connectivity index (χ4v) is 0.977. The highest BCUT2D eigenvalue weighted by atomic mass is 15.0. The number of aromatic nitrogens is 4. The lowest BCUT2D eigenvalue weighted by Crippen LogP contribution is -1.90. The molecule has 0 fully saturated rings. The maximum Gasteiger partial charge on any atom is 0.115 e. The first-order chi connectivity index (χ1) is 6.95. The Morgan fingerprint density at radius 2 is 2.07 bits per heavy atom. The van der Waals surface area contributed by atoms with Crippen molar-refractivity contribution in [3.05, 3.63) is 43.0 Å². The van der Waals surface area contributed by atoms with Crippen molar-refractivity contribution >= 4 is 0 Å². The molecule has 0 aliphatic rings. The van der Waals surface area contributed by atoms with Gasteiger partial charge in [-0.05, 0) is 0 Å². The van der Waals surface area contributed by atoms with Gasteiger partial charge in [0.15, 0.2) is 0 Å². The van der Waals surface area contributed by atoms with E-state index >= 15 is 0 Å². The van der Waals surface area contributed by atoms with Crippen LogP contribution in [0.5, 0.6) is 0 Å². The predicted molar refractivity (Wildman–Crippen MR) is 51.1 cm³/mol.